The van der Waals surface area contributed by atoms with Crippen LogP contribution in [0.4, 0.5) is 0 Å². The summed E-state index contributed by atoms with van der Waals surface area (Å²) in [6, 6.07) is -0.351. The summed E-state index contributed by atoms with van der Waals surface area (Å²) < 4.78 is 25.1. The van der Waals surface area contributed by atoms with Gasteiger partial charge in [0.15, 0.2) is 12.1 Å². The lowest BCUT2D eigenvalue weighted by molar-refractivity contribution is -0.295. The smallest absolute Gasteiger partial charge is 0.319 e. The van der Waals surface area contributed by atoms with Crippen molar-refractivity contribution in [2.75, 3.05) is 68.5 Å². The number of nitrogens with zero attached hydrogens (tertiary/aromatic N) is 4. The molecule has 1 N–H and O–H groups in total. The summed E-state index contributed by atoms with van der Waals surface area (Å²) in [4.78, 5) is 48.7. The van der Waals surface area contributed by atoms with Crippen LogP contribution in [0.2, 0.25) is 0 Å². The van der Waals surface area contributed by atoms with Crippen molar-refractivity contribution in [3.63, 3.8) is 0 Å². The van der Waals surface area contributed by atoms with E-state index in [2.05, 4.69) is 11.8 Å². The molecule has 3 rings (SSSR count). The second kappa shape index (κ2) is 15.3. The Morgan fingerprint density at radius 2 is 1.65 bits per heavy atom. The van der Waals surface area contributed by atoms with E-state index in [1.165, 1.54) is 0 Å². The molecule has 0 aromatic heterocycles. The fourth-order valence-corrected chi connectivity index (χ4v) is 7.87. The molecule has 0 spiro atoms. The molecule has 10 atom stereocenters. The summed E-state index contributed by atoms with van der Waals surface area (Å²) in [5.74, 6) is -1.46. The van der Waals surface area contributed by atoms with Crippen molar-refractivity contribution in [3.8, 4) is 0 Å². The number of likely N-dealkylation sites (tertiary alicyclic amines) is 1. The molecule has 0 aromatic rings. The first-order valence-electron chi connectivity index (χ1n) is 16.8. The van der Waals surface area contributed by atoms with Gasteiger partial charge in [-0.05, 0) is 88.6 Å². The fraction of sp³-hybridized carbons (Fsp3) is 0.912. The maximum atomic E-state index is 14.3. The van der Waals surface area contributed by atoms with E-state index in [1.807, 2.05) is 70.7 Å². The van der Waals surface area contributed by atoms with Gasteiger partial charge in [0.25, 0.3) is 0 Å². The fourth-order valence-electron chi connectivity index (χ4n) is 7.87. The predicted octanol–water partition coefficient (Wildman–Crippen LogP) is 1.73. The van der Waals surface area contributed by atoms with Crippen molar-refractivity contribution in [1.82, 2.24) is 19.6 Å². The van der Waals surface area contributed by atoms with Crippen LogP contribution < -0.4 is 0 Å². The molecule has 3 saturated heterocycles. The Kier molecular flexibility index (Phi) is 12.9. The van der Waals surface area contributed by atoms with E-state index in [0.717, 1.165) is 0 Å². The number of Topliss-reactive ketones (excluding diaryl/α,β-unsaturated/α-hetero) is 1. The number of carbonyl (C=O) groups is 3. The van der Waals surface area contributed by atoms with Crippen molar-refractivity contribution >= 4 is 17.7 Å². The third-order valence-electron chi connectivity index (χ3n) is 10.5. The monoisotopic (exact) mass is 654 g/mol. The van der Waals surface area contributed by atoms with Crippen LogP contribution in [0.15, 0.2) is 0 Å². The van der Waals surface area contributed by atoms with E-state index >= 15 is 0 Å². The van der Waals surface area contributed by atoms with Gasteiger partial charge in [0, 0.05) is 44.6 Å². The van der Waals surface area contributed by atoms with Gasteiger partial charge in [0.1, 0.15) is 17.6 Å². The molecule has 0 saturated carbocycles. The number of aliphatic hydroxyl groups is 1. The molecule has 3 aliphatic rings. The zero-order valence-electron chi connectivity index (χ0n) is 30.6. The summed E-state index contributed by atoms with van der Waals surface area (Å²) in [6.07, 6.45) is -2.29. The van der Waals surface area contributed by atoms with E-state index in [4.69, 9.17) is 18.9 Å². The van der Waals surface area contributed by atoms with E-state index in [9.17, 15) is 19.5 Å². The first-order chi connectivity index (χ1) is 21.2. The maximum absolute atomic E-state index is 14.3. The highest BCUT2D eigenvalue weighted by molar-refractivity contribution is 6.04. The van der Waals surface area contributed by atoms with E-state index in [-0.39, 0.29) is 41.7 Å². The van der Waals surface area contributed by atoms with Crippen molar-refractivity contribution in [2.24, 2.45) is 23.2 Å². The molecule has 0 aromatic carbocycles. The Balaban J connectivity index is 1.97. The molecule has 0 bridgehead atoms. The Morgan fingerprint density at radius 1 is 1.04 bits per heavy atom. The lowest BCUT2D eigenvalue weighted by atomic mass is 9.74. The topological polar surface area (TPSA) is 121 Å². The third kappa shape index (κ3) is 8.48. The summed E-state index contributed by atoms with van der Waals surface area (Å²) in [5.41, 5.74) is -2.45. The predicted molar refractivity (Wildman–Crippen MR) is 175 cm³/mol. The first-order valence-corrected chi connectivity index (χ1v) is 16.8. The number of rotatable bonds is 7. The Morgan fingerprint density at radius 3 is 2.20 bits per heavy atom. The number of ketones is 1. The molecule has 0 radical (unpaired) electrons. The molecule has 3 fully saturated rings. The van der Waals surface area contributed by atoms with Gasteiger partial charge in [0.05, 0.1) is 30.4 Å². The molecule has 3 heterocycles. The van der Waals surface area contributed by atoms with Gasteiger partial charge in [-0.25, -0.2) is 0 Å². The number of hydrogen-bond acceptors (Lipinski definition) is 11. The van der Waals surface area contributed by atoms with Crippen LogP contribution in [-0.2, 0) is 33.3 Å². The molecule has 12 heteroatoms. The van der Waals surface area contributed by atoms with E-state index in [1.54, 1.807) is 27.9 Å². The van der Waals surface area contributed by atoms with Crippen molar-refractivity contribution in [2.45, 2.75) is 110 Å². The van der Waals surface area contributed by atoms with Crippen molar-refractivity contribution < 1.29 is 38.4 Å². The second-order valence-electron chi connectivity index (χ2n) is 15.6. The molecule has 3 aliphatic heterocycles. The zero-order valence-corrected chi connectivity index (χ0v) is 30.6. The minimum atomic E-state index is -1.48. The number of amides is 1. The highest BCUT2D eigenvalue weighted by Crippen LogP contribution is 2.39. The zero-order chi connectivity index (χ0) is 34.9. The van der Waals surface area contributed by atoms with Crippen molar-refractivity contribution in [1.29, 1.82) is 0 Å². The number of likely N-dealkylation sites (N-methyl/N-ethyl adjacent to an activating group) is 3. The number of hydrogen-bond donors (Lipinski definition) is 1. The number of methoxy groups -OCH3 is 1. The van der Waals surface area contributed by atoms with Crippen molar-refractivity contribution in [3.05, 3.63) is 0 Å². The highest BCUT2D eigenvalue weighted by Gasteiger charge is 2.52. The molecular weight excluding hydrogens is 592 g/mol. The normalized spacial score (nSPS) is 39.0. The van der Waals surface area contributed by atoms with Gasteiger partial charge in [-0.15, -0.1) is 0 Å². The summed E-state index contributed by atoms with van der Waals surface area (Å²) in [5, 5.41) is 11.3. The second-order valence-corrected chi connectivity index (χ2v) is 15.6. The average Bonchev–Trinajstić information content (AvgIpc) is 2.92. The van der Waals surface area contributed by atoms with Gasteiger partial charge >= 0.3 is 5.97 Å². The van der Waals surface area contributed by atoms with Gasteiger partial charge in [-0.3, -0.25) is 19.3 Å². The average molecular weight is 655 g/mol. The van der Waals surface area contributed by atoms with Gasteiger partial charge in [-0.1, -0.05) is 13.8 Å². The van der Waals surface area contributed by atoms with Gasteiger partial charge in [-0.2, -0.15) is 0 Å². The Labute approximate surface area is 277 Å². The van der Waals surface area contributed by atoms with E-state index in [0.29, 0.717) is 39.0 Å². The van der Waals surface area contributed by atoms with Crippen LogP contribution in [0.5, 0.6) is 0 Å². The molecule has 266 valence electrons. The van der Waals surface area contributed by atoms with Crippen LogP contribution in [0.1, 0.15) is 61.3 Å². The maximum Gasteiger partial charge on any atom is 0.319 e. The molecule has 0 unspecified atom stereocenters. The minimum absolute atomic E-state index is 0.0764. The Bertz CT molecular complexity index is 1070. The van der Waals surface area contributed by atoms with Gasteiger partial charge < -0.3 is 38.8 Å². The molecule has 1 amide bonds. The Hall–Kier alpha value is -1.67. The highest BCUT2D eigenvalue weighted by atomic mass is 16.7. The quantitative estimate of drug-likeness (QED) is 0.319. The first kappa shape index (κ1) is 38.8. The van der Waals surface area contributed by atoms with Crippen LogP contribution in [-0.4, -0.2) is 159 Å². The summed E-state index contributed by atoms with van der Waals surface area (Å²) >= 11 is 0. The molecule has 46 heavy (non-hydrogen) atoms. The molecule has 12 nitrogen and oxygen atoms in total. The lowest BCUT2D eigenvalue weighted by Crippen LogP contribution is -2.62. The SMILES string of the molecule is CO[C@]1(C)C[C@@H](C)CN(C)[C@H](C2CN(C(=O)CN(C)C)C2)[C@@H](C)OC(=O)C(C)(C)C(=O)[C@H](C)[C@H]1O[C@@H]1O[C@H](C)C[C@H](N(C)C)[C@H]1O. The number of aliphatic hydroxyl groups excluding tert-OH is 1. The van der Waals surface area contributed by atoms with Crippen LogP contribution >= 0.6 is 0 Å². The van der Waals surface area contributed by atoms with Crippen LogP contribution in [0, 0.1) is 23.2 Å². The third-order valence-corrected chi connectivity index (χ3v) is 10.5. The van der Waals surface area contributed by atoms with Crippen LogP contribution in [0.25, 0.3) is 0 Å². The summed E-state index contributed by atoms with van der Waals surface area (Å²) in [7, 11) is 11.2. The van der Waals surface area contributed by atoms with Gasteiger partial charge in [0.2, 0.25) is 5.91 Å². The standard InChI is InChI=1S/C34H62N4O8/c1-20-15-34(7,43-13)30(46-31-28(40)25(36(10)11)14-21(2)44-31)22(3)29(41)33(5,6)32(42)45-23(4)27(37(12)16-20)24-17-38(18-24)26(39)19-35(8)9/h20-25,27-28,30-31,40H,14-19H2,1-13H3/t20-,21-,22+,23-,25+,27+,28-,30-,31+,34-/m1/s1. The van der Waals surface area contributed by atoms with Crippen LogP contribution in [0.3, 0.4) is 0 Å². The minimum Gasteiger partial charge on any atom is -0.460 e. The molecular formula is C34H62N4O8. The summed E-state index contributed by atoms with van der Waals surface area (Å²) in [6.45, 7) is 15.0. The molecule has 0 aliphatic carbocycles. The lowest BCUT2D eigenvalue weighted by Gasteiger charge is -2.49. The number of ether oxygens (including phenoxy) is 4. The number of carbonyl (C=O) groups excluding carboxylic acids is 3. The largest absolute Gasteiger partial charge is 0.460 e. The van der Waals surface area contributed by atoms with E-state index < -0.39 is 47.5 Å². The number of esters is 1. The number of cyclic esters (lactones) is 1.